The molecule has 0 bridgehead atoms. The lowest BCUT2D eigenvalue weighted by molar-refractivity contribution is 0.0611. The van der Waals surface area contributed by atoms with Crippen molar-refractivity contribution in [2.75, 3.05) is 26.2 Å². The minimum Gasteiger partial charge on any atom is -0.338 e. The van der Waals surface area contributed by atoms with Crippen LogP contribution in [0.2, 0.25) is 0 Å². The standard InChI is InChI=1S/C20H25N3OS.2ClH/c1-15-18(25-17(22-15)13-16-5-3-2-4-6-16)19(24)23-11-8-20(9-12-23)7-10-21-14-20;;/h2-6,21H,7-14H2,1H3;2*1H. The Morgan fingerprint density at radius 3 is 2.52 bits per heavy atom. The molecule has 0 saturated carbocycles. The molecular formula is C20H27Cl2N3OS. The average Bonchev–Trinajstić information content (AvgIpc) is 3.23. The molecule has 0 aliphatic carbocycles. The molecule has 4 nitrogen and oxygen atoms in total. The third kappa shape index (κ3) is 4.83. The van der Waals surface area contributed by atoms with Gasteiger partial charge in [0.05, 0.1) is 10.7 Å². The van der Waals surface area contributed by atoms with E-state index in [0.29, 0.717) is 5.41 Å². The number of amides is 1. The summed E-state index contributed by atoms with van der Waals surface area (Å²) < 4.78 is 0. The predicted octanol–water partition coefficient (Wildman–Crippen LogP) is 4.10. The number of carbonyl (C=O) groups excluding carboxylic acids is 1. The minimum absolute atomic E-state index is 0. The fraction of sp³-hybridized carbons (Fsp3) is 0.500. The third-order valence-corrected chi connectivity index (χ3v) is 6.82. The van der Waals surface area contributed by atoms with Crippen LogP contribution in [0.25, 0.3) is 0 Å². The van der Waals surface area contributed by atoms with Gasteiger partial charge in [-0.1, -0.05) is 30.3 Å². The van der Waals surface area contributed by atoms with Crippen molar-refractivity contribution in [3.8, 4) is 0 Å². The molecule has 148 valence electrons. The molecule has 3 heterocycles. The zero-order chi connectivity index (χ0) is 17.3. The number of aryl methyl sites for hydroxylation is 1. The van der Waals surface area contributed by atoms with Gasteiger partial charge in [-0.05, 0) is 43.7 Å². The number of thiazole rings is 1. The van der Waals surface area contributed by atoms with Crippen molar-refractivity contribution >= 4 is 42.1 Å². The number of benzene rings is 1. The van der Waals surface area contributed by atoms with Crippen LogP contribution in [-0.2, 0) is 6.42 Å². The molecule has 2 saturated heterocycles. The number of likely N-dealkylation sites (tertiary alicyclic amines) is 1. The summed E-state index contributed by atoms with van der Waals surface area (Å²) in [7, 11) is 0. The molecule has 2 aromatic rings. The van der Waals surface area contributed by atoms with E-state index in [1.807, 2.05) is 30.0 Å². The summed E-state index contributed by atoms with van der Waals surface area (Å²) >= 11 is 1.57. The second kappa shape index (κ2) is 9.37. The van der Waals surface area contributed by atoms with E-state index in [0.717, 1.165) is 61.0 Å². The number of hydrogen-bond acceptors (Lipinski definition) is 4. The topological polar surface area (TPSA) is 45.2 Å². The third-order valence-electron chi connectivity index (χ3n) is 5.68. The van der Waals surface area contributed by atoms with Gasteiger partial charge in [0.2, 0.25) is 0 Å². The van der Waals surface area contributed by atoms with Crippen LogP contribution < -0.4 is 5.32 Å². The Hall–Kier alpha value is -1.14. The zero-order valence-corrected chi connectivity index (χ0v) is 18.0. The highest BCUT2D eigenvalue weighted by Crippen LogP contribution is 2.37. The molecule has 2 aliphatic heterocycles. The van der Waals surface area contributed by atoms with Crippen LogP contribution in [0.5, 0.6) is 0 Å². The Morgan fingerprint density at radius 2 is 1.89 bits per heavy atom. The average molecular weight is 428 g/mol. The van der Waals surface area contributed by atoms with E-state index in [4.69, 9.17) is 0 Å². The number of nitrogens with zero attached hydrogens (tertiary/aromatic N) is 2. The highest BCUT2D eigenvalue weighted by molar-refractivity contribution is 7.13. The summed E-state index contributed by atoms with van der Waals surface area (Å²) in [5, 5.41) is 4.51. The quantitative estimate of drug-likeness (QED) is 0.801. The van der Waals surface area contributed by atoms with Gasteiger partial charge in [-0.15, -0.1) is 36.2 Å². The monoisotopic (exact) mass is 427 g/mol. The second-order valence-electron chi connectivity index (χ2n) is 7.40. The predicted molar refractivity (Wildman–Crippen MR) is 116 cm³/mol. The van der Waals surface area contributed by atoms with Gasteiger partial charge in [-0.25, -0.2) is 4.98 Å². The Morgan fingerprint density at radius 1 is 1.19 bits per heavy atom. The first-order chi connectivity index (χ1) is 12.2. The van der Waals surface area contributed by atoms with Crippen LogP contribution in [0.15, 0.2) is 30.3 Å². The molecule has 2 fully saturated rings. The fourth-order valence-electron chi connectivity index (χ4n) is 4.05. The molecule has 0 unspecified atom stereocenters. The van der Waals surface area contributed by atoms with Crippen LogP contribution in [0.1, 0.15) is 45.2 Å². The van der Waals surface area contributed by atoms with Crippen LogP contribution in [0, 0.1) is 12.3 Å². The fourth-order valence-corrected chi connectivity index (χ4v) is 5.11. The summed E-state index contributed by atoms with van der Waals surface area (Å²) in [5.74, 6) is 0.176. The van der Waals surface area contributed by atoms with Gasteiger partial charge in [-0.2, -0.15) is 0 Å². The first-order valence-corrected chi connectivity index (χ1v) is 9.97. The van der Waals surface area contributed by atoms with Crippen molar-refractivity contribution in [3.05, 3.63) is 51.5 Å². The number of halogens is 2. The Kier molecular flexibility index (Phi) is 7.69. The normalized spacial score (nSPS) is 18.0. The summed E-state index contributed by atoms with van der Waals surface area (Å²) in [4.78, 5) is 20.5. The molecule has 1 aromatic carbocycles. The smallest absolute Gasteiger partial charge is 0.265 e. The van der Waals surface area contributed by atoms with Gasteiger partial charge in [0.25, 0.3) is 5.91 Å². The van der Waals surface area contributed by atoms with Gasteiger partial charge < -0.3 is 10.2 Å². The number of rotatable bonds is 3. The van der Waals surface area contributed by atoms with E-state index in [9.17, 15) is 4.79 Å². The maximum atomic E-state index is 13.0. The van der Waals surface area contributed by atoms with Crippen molar-refractivity contribution in [1.29, 1.82) is 0 Å². The molecule has 0 radical (unpaired) electrons. The number of nitrogens with one attached hydrogen (secondary N) is 1. The molecule has 2 aliphatic rings. The minimum atomic E-state index is 0. The van der Waals surface area contributed by atoms with E-state index in [2.05, 4.69) is 22.4 Å². The lowest BCUT2D eigenvalue weighted by Gasteiger charge is -2.38. The highest BCUT2D eigenvalue weighted by atomic mass is 35.5. The van der Waals surface area contributed by atoms with E-state index in [1.165, 1.54) is 12.0 Å². The summed E-state index contributed by atoms with van der Waals surface area (Å²) in [6.45, 7) is 5.98. The Labute approximate surface area is 177 Å². The number of hydrogen-bond donors (Lipinski definition) is 1. The van der Waals surface area contributed by atoms with Crippen LogP contribution in [0.3, 0.4) is 0 Å². The maximum absolute atomic E-state index is 13.0. The molecule has 1 spiro atoms. The number of aromatic nitrogens is 1. The SMILES string of the molecule is Cc1nc(Cc2ccccc2)sc1C(=O)N1CCC2(CCNC2)CC1.Cl.Cl. The number of carbonyl (C=O) groups is 1. The molecular weight excluding hydrogens is 401 g/mol. The largest absolute Gasteiger partial charge is 0.338 e. The van der Waals surface area contributed by atoms with Gasteiger partial charge >= 0.3 is 0 Å². The lowest BCUT2D eigenvalue weighted by atomic mass is 9.78. The van der Waals surface area contributed by atoms with Crippen LogP contribution in [-0.4, -0.2) is 42.0 Å². The second-order valence-corrected chi connectivity index (χ2v) is 8.49. The molecule has 1 aromatic heterocycles. The maximum Gasteiger partial charge on any atom is 0.265 e. The summed E-state index contributed by atoms with van der Waals surface area (Å²) in [5.41, 5.74) is 2.56. The first kappa shape index (κ1) is 22.2. The van der Waals surface area contributed by atoms with Crippen LogP contribution >= 0.6 is 36.2 Å². The molecule has 4 rings (SSSR count). The van der Waals surface area contributed by atoms with Gasteiger partial charge in [-0.3, -0.25) is 4.79 Å². The first-order valence-electron chi connectivity index (χ1n) is 9.15. The lowest BCUT2D eigenvalue weighted by Crippen LogP contribution is -2.44. The number of piperidine rings is 1. The van der Waals surface area contributed by atoms with E-state index in [1.54, 1.807) is 11.3 Å². The van der Waals surface area contributed by atoms with Gasteiger partial charge in [0.1, 0.15) is 4.88 Å². The molecule has 1 N–H and O–H groups in total. The van der Waals surface area contributed by atoms with Gasteiger partial charge in [0.15, 0.2) is 0 Å². The zero-order valence-electron chi connectivity index (χ0n) is 15.6. The molecule has 0 atom stereocenters. The van der Waals surface area contributed by atoms with Crippen LogP contribution in [0.4, 0.5) is 0 Å². The molecule has 27 heavy (non-hydrogen) atoms. The van der Waals surface area contributed by atoms with Crippen molar-refractivity contribution < 1.29 is 4.79 Å². The molecule has 1 amide bonds. The summed E-state index contributed by atoms with van der Waals surface area (Å²) in [6, 6.07) is 10.3. The molecule has 7 heteroatoms. The Bertz CT molecular complexity index is 750. The summed E-state index contributed by atoms with van der Waals surface area (Å²) in [6.07, 6.45) is 4.31. The van der Waals surface area contributed by atoms with Crippen molar-refractivity contribution in [2.24, 2.45) is 5.41 Å². The van der Waals surface area contributed by atoms with Crippen molar-refractivity contribution in [1.82, 2.24) is 15.2 Å². The highest BCUT2D eigenvalue weighted by Gasteiger charge is 2.38. The van der Waals surface area contributed by atoms with Gasteiger partial charge in [0, 0.05) is 26.1 Å². The van der Waals surface area contributed by atoms with Crippen molar-refractivity contribution in [2.45, 2.75) is 32.6 Å². The van der Waals surface area contributed by atoms with E-state index >= 15 is 0 Å². The van der Waals surface area contributed by atoms with Crippen molar-refractivity contribution in [3.63, 3.8) is 0 Å². The van der Waals surface area contributed by atoms with E-state index in [-0.39, 0.29) is 30.7 Å². The van der Waals surface area contributed by atoms with E-state index < -0.39 is 0 Å². The Balaban J connectivity index is 0.00000131.